The zero-order valence-electron chi connectivity index (χ0n) is 11.0. The molecule has 4 heteroatoms. The van der Waals surface area contributed by atoms with E-state index in [0.717, 1.165) is 31.7 Å². The van der Waals surface area contributed by atoms with Gasteiger partial charge < -0.3 is 9.64 Å². The molecule has 0 saturated carbocycles. The maximum atomic E-state index is 12.2. The summed E-state index contributed by atoms with van der Waals surface area (Å²) < 4.78 is 5.29. The first kappa shape index (κ1) is 13.1. The number of rotatable bonds is 3. The van der Waals surface area contributed by atoms with Gasteiger partial charge in [0.1, 0.15) is 6.23 Å². The minimum absolute atomic E-state index is 0.124. The summed E-state index contributed by atoms with van der Waals surface area (Å²) in [6.07, 6.45) is 0.124. The fourth-order valence-electron chi connectivity index (χ4n) is 2.20. The van der Waals surface area contributed by atoms with E-state index in [-0.39, 0.29) is 12.1 Å². The Labute approximate surface area is 108 Å². The zero-order valence-corrected chi connectivity index (χ0v) is 11.0. The Bertz CT molecular complexity index is 386. The Kier molecular flexibility index (Phi) is 4.33. The van der Waals surface area contributed by atoms with Crippen LogP contribution in [0.4, 0.5) is 0 Å². The van der Waals surface area contributed by atoms with E-state index in [2.05, 4.69) is 4.90 Å². The van der Waals surface area contributed by atoms with Gasteiger partial charge in [0.25, 0.3) is 5.91 Å². The van der Waals surface area contributed by atoms with Crippen LogP contribution in [0, 0.1) is 0 Å². The Balaban J connectivity index is 1.92. The zero-order chi connectivity index (χ0) is 13.0. The second-order valence-electron chi connectivity index (χ2n) is 4.53. The third kappa shape index (κ3) is 2.89. The molecule has 0 aliphatic carbocycles. The summed E-state index contributed by atoms with van der Waals surface area (Å²) in [7, 11) is 1.71. The van der Waals surface area contributed by atoms with Crippen molar-refractivity contribution in [2.24, 2.45) is 0 Å². The molecule has 1 aromatic carbocycles. The summed E-state index contributed by atoms with van der Waals surface area (Å²) in [6.45, 7) is 5.30. The number of ether oxygens (including phenoxy) is 1. The number of methoxy groups -OCH3 is 1. The molecule has 98 valence electrons. The van der Waals surface area contributed by atoms with E-state index in [0.29, 0.717) is 0 Å². The van der Waals surface area contributed by atoms with E-state index in [9.17, 15) is 4.79 Å². The summed E-state index contributed by atoms with van der Waals surface area (Å²) in [6, 6.07) is 9.46. The average Bonchev–Trinajstić information content (AvgIpc) is 2.47. The minimum Gasteiger partial charge on any atom is -0.367 e. The summed E-state index contributed by atoms with van der Waals surface area (Å²) in [5.41, 5.74) is 0.769. The van der Waals surface area contributed by atoms with Gasteiger partial charge in [-0.05, 0) is 19.1 Å². The maximum Gasteiger partial charge on any atom is 0.253 e. The third-order valence-corrected chi connectivity index (χ3v) is 3.48. The molecule has 1 aliphatic rings. The monoisotopic (exact) mass is 248 g/mol. The number of hydrogen-bond acceptors (Lipinski definition) is 3. The van der Waals surface area contributed by atoms with Crippen molar-refractivity contribution < 1.29 is 9.53 Å². The lowest BCUT2D eigenvalue weighted by Crippen LogP contribution is -2.51. The Morgan fingerprint density at radius 3 is 2.33 bits per heavy atom. The highest BCUT2D eigenvalue weighted by molar-refractivity contribution is 5.94. The predicted octanol–water partition coefficient (Wildman–Crippen LogP) is 1.44. The number of amides is 1. The lowest BCUT2D eigenvalue weighted by atomic mass is 10.2. The molecule has 1 atom stereocenters. The van der Waals surface area contributed by atoms with E-state index < -0.39 is 0 Å². The van der Waals surface area contributed by atoms with Gasteiger partial charge >= 0.3 is 0 Å². The largest absolute Gasteiger partial charge is 0.367 e. The predicted molar refractivity (Wildman–Crippen MR) is 70.4 cm³/mol. The minimum atomic E-state index is 0.124. The van der Waals surface area contributed by atoms with Gasteiger partial charge in [-0.1, -0.05) is 18.2 Å². The summed E-state index contributed by atoms with van der Waals surface area (Å²) >= 11 is 0. The van der Waals surface area contributed by atoms with Crippen LogP contribution in [0.15, 0.2) is 30.3 Å². The first-order valence-corrected chi connectivity index (χ1v) is 6.33. The lowest BCUT2D eigenvalue weighted by molar-refractivity contribution is -0.0383. The topological polar surface area (TPSA) is 32.8 Å². The van der Waals surface area contributed by atoms with Crippen molar-refractivity contribution in [2.75, 3.05) is 33.3 Å². The Morgan fingerprint density at radius 1 is 1.17 bits per heavy atom. The molecular formula is C14H20N2O2. The normalized spacial score (nSPS) is 18.7. The van der Waals surface area contributed by atoms with Gasteiger partial charge in [0.15, 0.2) is 0 Å². The standard InChI is InChI=1S/C14H20N2O2/c1-12(18-2)15-8-10-16(11-9-15)14(17)13-6-4-3-5-7-13/h3-7,12H,8-11H2,1-2H3. The van der Waals surface area contributed by atoms with E-state index in [1.165, 1.54) is 0 Å². The van der Waals surface area contributed by atoms with Crippen LogP contribution in [0.5, 0.6) is 0 Å². The van der Waals surface area contributed by atoms with Crippen molar-refractivity contribution in [3.8, 4) is 0 Å². The van der Waals surface area contributed by atoms with Crippen LogP contribution in [0.1, 0.15) is 17.3 Å². The number of piperazine rings is 1. The number of carbonyl (C=O) groups is 1. The fourth-order valence-corrected chi connectivity index (χ4v) is 2.20. The van der Waals surface area contributed by atoms with Gasteiger partial charge in [-0.3, -0.25) is 9.69 Å². The first-order valence-electron chi connectivity index (χ1n) is 6.33. The highest BCUT2D eigenvalue weighted by Gasteiger charge is 2.24. The van der Waals surface area contributed by atoms with Crippen molar-refractivity contribution in [1.82, 2.24) is 9.80 Å². The molecule has 1 fully saturated rings. The van der Waals surface area contributed by atoms with Gasteiger partial charge in [-0.25, -0.2) is 0 Å². The molecule has 0 radical (unpaired) electrons. The molecule has 1 unspecified atom stereocenters. The number of carbonyl (C=O) groups excluding carboxylic acids is 1. The quantitative estimate of drug-likeness (QED) is 0.811. The van der Waals surface area contributed by atoms with Crippen LogP contribution in [0.2, 0.25) is 0 Å². The van der Waals surface area contributed by atoms with Crippen molar-refractivity contribution >= 4 is 5.91 Å². The lowest BCUT2D eigenvalue weighted by Gasteiger charge is -2.37. The number of nitrogens with zero attached hydrogens (tertiary/aromatic N) is 2. The van der Waals surface area contributed by atoms with Crippen molar-refractivity contribution in [3.05, 3.63) is 35.9 Å². The highest BCUT2D eigenvalue weighted by atomic mass is 16.5. The summed E-state index contributed by atoms with van der Waals surface area (Å²) in [5.74, 6) is 0.125. The van der Waals surface area contributed by atoms with E-state index in [1.807, 2.05) is 42.2 Å². The average molecular weight is 248 g/mol. The van der Waals surface area contributed by atoms with Crippen molar-refractivity contribution in [3.63, 3.8) is 0 Å². The fraction of sp³-hybridized carbons (Fsp3) is 0.500. The first-order chi connectivity index (χ1) is 8.72. The molecule has 1 amide bonds. The van der Waals surface area contributed by atoms with E-state index in [4.69, 9.17) is 4.74 Å². The molecule has 0 bridgehead atoms. The molecule has 2 rings (SSSR count). The Morgan fingerprint density at radius 2 is 1.78 bits per heavy atom. The molecular weight excluding hydrogens is 228 g/mol. The van der Waals surface area contributed by atoms with Crippen LogP contribution in [-0.4, -0.2) is 55.2 Å². The van der Waals surface area contributed by atoms with Gasteiger partial charge in [0.05, 0.1) is 0 Å². The summed E-state index contributed by atoms with van der Waals surface area (Å²) in [4.78, 5) is 16.4. The molecule has 0 N–H and O–H groups in total. The molecule has 0 spiro atoms. The molecule has 1 aliphatic heterocycles. The second-order valence-corrected chi connectivity index (χ2v) is 4.53. The smallest absolute Gasteiger partial charge is 0.253 e. The van der Waals surface area contributed by atoms with Gasteiger partial charge in [0.2, 0.25) is 0 Å². The second kappa shape index (κ2) is 5.98. The molecule has 1 heterocycles. The van der Waals surface area contributed by atoms with Crippen molar-refractivity contribution in [1.29, 1.82) is 0 Å². The molecule has 0 aromatic heterocycles. The van der Waals surface area contributed by atoms with E-state index in [1.54, 1.807) is 7.11 Å². The molecule has 18 heavy (non-hydrogen) atoms. The SMILES string of the molecule is COC(C)N1CCN(C(=O)c2ccccc2)CC1. The van der Waals surface area contributed by atoms with Crippen LogP contribution in [-0.2, 0) is 4.74 Å². The van der Waals surface area contributed by atoms with Crippen LogP contribution >= 0.6 is 0 Å². The molecule has 1 aromatic rings. The Hall–Kier alpha value is -1.39. The third-order valence-electron chi connectivity index (χ3n) is 3.48. The van der Waals surface area contributed by atoms with Crippen molar-refractivity contribution in [2.45, 2.75) is 13.2 Å². The maximum absolute atomic E-state index is 12.2. The highest BCUT2D eigenvalue weighted by Crippen LogP contribution is 2.10. The molecule has 4 nitrogen and oxygen atoms in total. The van der Waals surface area contributed by atoms with E-state index >= 15 is 0 Å². The number of hydrogen-bond donors (Lipinski definition) is 0. The number of benzene rings is 1. The molecule has 1 saturated heterocycles. The van der Waals surface area contributed by atoms with Crippen LogP contribution in [0.3, 0.4) is 0 Å². The van der Waals surface area contributed by atoms with Crippen LogP contribution in [0.25, 0.3) is 0 Å². The van der Waals surface area contributed by atoms with Gasteiger partial charge in [-0.15, -0.1) is 0 Å². The van der Waals surface area contributed by atoms with Gasteiger partial charge in [-0.2, -0.15) is 0 Å². The van der Waals surface area contributed by atoms with Gasteiger partial charge in [0, 0.05) is 38.9 Å². The summed E-state index contributed by atoms with van der Waals surface area (Å²) in [5, 5.41) is 0. The van der Waals surface area contributed by atoms with Crippen LogP contribution < -0.4 is 0 Å².